The zero-order chi connectivity index (χ0) is 21.6. The third-order valence-corrected chi connectivity index (χ3v) is 7.12. The maximum Gasteiger partial charge on any atom is 0.233 e. The van der Waals surface area contributed by atoms with Crippen molar-refractivity contribution in [2.24, 2.45) is 0 Å². The summed E-state index contributed by atoms with van der Waals surface area (Å²) < 4.78 is 8.07. The second kappa shape index (κ2) is 10.5. The van der Waals surface area contributed by atoms with Crippen LogP contribution in [-0.2, 0) is 22.6 Å². The zero-order valence-electron chi connectivity index (χ0n) is 18.6. The molecule has 3 heterocycles. The van der Waals surface area contributed by atoms with Crippen molar-refractivity contribution in [2.75, 3.05) is 37.4 Å². The Morgan fingerprint density at radius 1 is 1.19 bits per heavy atom. The van der Waals surface area contributed by atoms with Crippen LogP contribution >= 0.6 is 11.8 Å². The van der Waals surface area contributed by atoms with Gasteiger partial charge in [0, 0.05) is 33.3 Å². The van der Waals surface area contributed by atoms with Gasteiger partial charge in [0.2, 0.25) is 11.9 Å². The fourth-order valence-corrected chi connectivity index (χ4v) is 5.12. The van der Waals surface area contributed by atoms with E-state index in [9.17, 15) is 4.79 Å². The van der Waals surface area contributed by atoms with Gasteiger partial charge in [0.15, 0.2) is 5.16 Å². The van der Waals surface area contributed by atoms with Gasteiger partial charge in [-0.15, -0.1) is 10.2 Å². The van der Waals surface area contributed by atoms with Crippen molar-refractivity contribution in [3.63, 3.8) is 0 Å². The maximum absolute atomic E-state index is 12.8. The van der Waals surface area contributed by atoms with E-state index in [4.69, 9.17) is 4.74 Å². The van der Waals surface area contributed by atoms with Crippen LogP contribution in [-0.4, -0.2) is 64.2 Å². The fraction of sp³-hybridized carbons (Fsp3) is 0.609. The van der Waals surface area contributed by atoms with Gasteiger partial charge in [0.1, 0.15) is 0 Å². The predicted molar refractivity (Wildman–Crippen MR) is 123 cm³/mol. The zero-order valence-corrected chi connectivity index (χ0v) is 19.4. The normalized spacial score (nSPS) is 19.0. The lowest BCUT2D eigenvalue weighted by Gasteiger charge is -2.28. The summed E-state index contributed by atoms with van der Waals surface area (Å²) in [5, 5.41) is 9.81. The van der Waals surface area contributed by atoms with E-state index in [0.717, 1.165) is 50.2 Å². The molecule has 1 unspecified atom stereocenters. The molecule has 0 saturated carbocycles. The summed E-state index contributed by atoms with van der Waals surface area (Å²) in [6, 6.07) is 8.20. The number of anilines is 1. The molecule has 2 saturated heterocycles. The lowest BCUT2D eigenvalue weighted by Crippen LogP contribution is -2.33. The number of carbonyl (C=O) groups is 1. The van der Waals surface area contributed by atoms with Gasteiger partial charge in [-0.25, -0.2) is 0 Å². The first-order valence-electron chi connectivity index (χ1n) is 11.3. The number of hydrogen-bond donors (Lipinski definition) is 0. The van der Waals surface area contributed by atoms with Crippen LogP contribution in [0.25, 0.3) is 0 Å². The summed E-state index contributed by atoms with van der Waals surface area (Å²) in [5.41, 5.74) is 2.38. The van der Waals surface area contributed by atoms with E-state index in [1.165, 1.54) is 42.2 Å². The number of amides is 1. The van der Waals surface area contributed by atoms with Crippen molar-refractivity contribution in [3.8, 4) is 0 Å². The van der Waals surface area contributed by atoms with E-state index in [1.54, 1.807) is 4.90 Å². The van der Waals surface area contributed by atoms with Crippen LogP contribution in [0.4, 0.5) is 5.95 Å². The van der Waals surface area contributed by atoms with E-state index >= 15 is 0 Å². The summed E-state index contributed by atoms with van der Waals surface area (Å²) >= 11 is 1.48. The van der Waals surface area contributed by atoms with Gasteiger partial charge in [-0.2, -0.15) is 0 Å². The predicted octanol–water partition coefficient (Wildman–Crippen LogP) is 3.51. The van der Waals surface area contributed by atoms with Gasteiger partial charge in [-0.1, -0.05) is 36.0 Å². The number of carbonyl (C=O) groups excluding carboxylic acids is 1. The lowest BCUT2D eigenvalue weighted by molar-refractivity contribution is -0.127. The Balaban J connectivity index is 1.42. The number of thioether (sulfide) groups is 1. The molecule has 7 nitrogen and oxygen atoms in total. The van der Waals surface area contributed by atoms with E-state index in [0.29, 0.717) is 12.3 Å². The number of hydrogen-bond acceptors (Lipinski definition) is 6. The molecule has 0 aliphatic carbocycles. The van der Waals surface area contributed by atoms with Gasteiger partial charge >= 0.3 is 0 Å². The molecule has 2 aromatic rings. The minimum absolute atomic E-state index is 0.0967. The van der Waals surface area contributed by atoms with Crippen LogP contribution in [0.2, 0.25) is 0 Å². The van der Waals surface area contributed by atoms with Crippen molar-refractivity contribution < 1.29 is 9.53 Å². The quantitative estimate of drug-likeness (QED) is 0.582. The molecule has 0 N–H and O–H groups in total. The van der Waals surface area contributed by atoms with Crippen LogP contribution in [0, 0.1) is 6.92 Å². The summed E-state index contributed by atoms with van der Waals surface area (Å²) in [5.74, 6) is 1.38. The smallest absolute Gasteiger partial charge is 0.233 e. The van der Waals surface area contributed by atoms with Crippen molar-refractivity contribution in [2.45, 2.75) is 63.4 Å². The minimum atomic E-state index is 0.0967. The molecule has 1 amide bonds. The van der Waals surface area contributed by atoms with E-state index in [1.807, 2.05) is 19.2 Å². The summed E-state index contributed by atoms with van der Waals surface area (Å²) in [6.45, 7) is 6.33. The Bertz CT molecular complexity index is 875. The first-order chi connectivity index (χ1) is 15.1. The molecule has 1 aromatic heterocycles. The highest BCUT2D eigenvalue weighted by molar-refractivity contribution is 7.99. The standard InChI is InChI=1S/C23H33N5O2S/c1-18-9-4-5-10-19(18)15-26(2)21(29)17-31-23-25-24-22(27-12-6-3-7-13-27)28(23)16-20-11-8-14-30-20/h4-5,9-10,20H,3,6-8,11-17H2,1-2H3. The van der Waals surface area contributed by atoms with Crippen LogP contribution in [0.5, 0.6) is 0 Å². The van der Waals surface area contributed by atoms with Gasteiger partial charge in [-0.3, -0.25) is 9.36 Å². The number of aromatic nitrogens is 3. The molecule has 1 atom stereocenters. The van der Waals surface area contributed by atoms with Crippen molar-refractivity contribution >= 4 is 23.6 Å². The van der Waals surface area contributed by atoms with Crippen molar-refractivity contribution in [1.82, 2.24) is 19.7 Å². The van der Waals surface area contributed by atoms with Crippen LogP contribution in [0.1, 0.15) is 43.2 Å². The highest BCUT2D eigenvalue weighted by Crippen LogP contribution is 2.27. The SMILES string of the molecule is Cc1ccccc1CN(C)C(=O)CSc1nnc(N2CCCCC2)n1CC1CCCO1. The molecule has 31 heavy (non-hydrogen) atoms. The number of piperidine rings is 1. The van der Waals surface area contributed by atoms with Crippen LogP contribution < -0.4 is 4.90 Å². The Hall–Kier alpha value is -2.06. The molecule has 4 rings (SSSR count). The average molecular weight is 444 g/mol. The molecule has 0 radical (unpaired) electrons. The summed E-state index contributed by atoms with van der Waals surface area (Å²) in [6.07, 6.45) is 6.04. The van der Waals surface area contributed by atoms with Gasteiger partial charge in [0.25, 0.3) is 0 Å². The third-order valence-electron chi connectivity index (χ3n) is 6.17. The fourth-order valence-electron chi connectivity index (χ4n) is 4.24. The number of ether oxygens (including phenoxy) is 1. The number of benzene rings is 1. The molecular weight excluding hydrogens is 410 g/mol. The monoisotopic (exact) mass is 443 g/mol. The van der Waals surface area contributed by atoms with Gasteiger partial charge < -0.3 is 14.5 Å². The third kappa shape index (κ3) is 5.60. The second-order valence-electron chi connectivity index (χ2n) is 8.54. The molecular formula is C23H33N5O2S. The van der Waals surface area contributed by atoms with E-state index < -0.39 is 0 Å². The van der Waals surface area contributed by atoms with Crippen LogP contribution in [0.3, 0.4) is 0 Å². The summed E-state index contributed by atoms with van der Waals surface area (Å²) in [4.78, 5) is 16.9. The number of nitrogens with zero attached hydrogens (tertiary/aromatic N) is 5. The van der Waals surface area contributed by atoms with E-state index in [-0.39, 0.29) is 12.0 Å². The second-order valence-corrected chi connectivity index (χ2v) is 9.48. The van der Waals surface area contributed by atoms with Crippen molar-refractivity contribution in [1.29, 1.82) is 0 Å². The Labute approximate surface area is 189 Å². The van der Waals surface area contributed by atoms with Gasteiger partial charge in [0.05, 0.1) is 18.4 Å². The molecule has 168 valence electrons. The highest BCUT2D eigenvalue weighted by atomic mass is 32.2. The Morgan fingerprint density at radius 3 is 2.74 bits per heavy atom. The Kier molecular flexibility index (Phi) is 7.50. The molecule has 8 heteroatoms. The first-order valence-corrected chi connectivity index (χ1v) is 12.3. The lowest BCUT2D eigenvalue weighted by atomic mass is 10.1. The molecule has 2 aliphatic rings. The number of aryl methyl sites for hydroxylation is 1. The molecule has 2 aliphatic heterocycles. The maximum atomic E-state index is 12.8. The average Bonchev–Trinajstić information content (AvgIpc) is 3.44. The Morgan fingerprint density at radius 2 is 2.00 bits per heavy atom. The van der Waals surface area contributed by atoms with Gasteiger partial charge in [-0.05, 0) is 50.2 Å². The first kappa shape index (κ1) is 22.1. The molecule has 0 bridgehead atoms. The van der Waals surface area contributed by atoms with Crippen molar-refractivity contribution in [3.05, 3.63) is 35.4 Å². The topological polar surface area (TPSA) is 63.5 Å². The number of rotatable bonds is 8. The van der Waals surface area contributed by atoms with Crippen LogP contribution in [0.15, 0.2) is 29.4 Å². The summed E-state index contributed by atoms with van der Waals surface area (Å²) in [7, 11) is 1.87. The highest BCUT2D eigenvalue weighted by Gasteiger charge is 2.25. The molecule has 1 aromatic carbocycles. The van der Waals surface area contributed by atoms with E-state index in [2.05, 4.69) is 38.7 Å². The largest absolute Gasteiger partial charge is 0.376 e. The minimum Gasteiger partial charge on any atom is -0.376 e. The molecule has 2 fully saturated rings. The molecule has 0 spiro atoms.